The zero-order chi connectivity index (χ0) is 14.9. The monoisotopic (exact) mass is 275 g/mol. The number of nitrogens with zero attached hydrogens (tertiary/aromatic N) is 2. The van der Waals surface area contributed by atoms with Gasteiger partial charge in [-0.15, -0.1) is 0 Å². The molecule has 1 aromatic heterocycles. The van der Waals surface area contributed by atoms with Crippen molar-refractivity contribution in [2.45, 2.75) is 39.7 Å². The lowest BCUT2D eigenvalue weighted by Gasteiger charge is -2.38. The Labute approximate surface area is 119 Å². The van der Waals surface area contributed by atoms with Crippen LogP contribution in [-0.2, 0) is 9.59 Å². The van der Waals surface area contributed by atoms with Crippen LogP contribution in [0, 0.1) is 19.8 Å². The SMILES string of the molecule is Cc1cc([C@H]2CC[C@H](C)CN2C(=O)C(N)=O)cnc1C. The molecular weight excluding hydrogens is 254 g/mol. The van der Waals surface area contributed by atoms with Crippen LogP contribution in [0.15, 0.2) is 12.3 Å². The minimum atomic E-state index is -0.888. The van der Waals surface area contributed by atoms with E-state index in [1.165, 1.54) is 0 Å². The second kappa shape index (κ2) is 5.61. The van der Waals surface area contributed by atoms with Crippen LogP contribution in [0.3, 0.4) is 0 Å². The molecule has 0 aliphatic carbocycles. The molecule has 0 bridgehead atoms. The van der Waals surface area contributed by atoms with Crippen LogP contribution in [0.1, 0.15) is 42.6 Å². The molecule has 0 unspecified atom stereocenters. The van der Waals surface area contributed by atoms with Gasteiger partial charge in [0.05, 0.1) is 6.04 Å². The molecule has 2 N–H and O–H groups in total. The molecule has 0 saturated carbocycles. The van der Waals surface area contributed by atoms with Gasteiger partial charge in [-0.3, -0.25) is 14.6 Å². The van der Waals surface area contributed by atoms with Gasteiger partial charge in [0.15, 0.2) is 0 Å². The molecule has 1 fully saturated rings. The number of aromatic nitrogens is 1. The number of piperidine rings is 1. The average Bonchev–Trinajstić information content (AvgIpc) is 2.41. The molecule has 1 aliphatic rings. The molecule has 0 spiro atoms. The fourth-order valence-electron chi connectivity index (χ4n) is 2.71. The largest absolute Gasteiger partial charge is 0.361 e. The molecule has 2 atom stereocenters. The number of primary amides is 1. The van der Waals surface area contributed by atoms with Gasteiger partial charge in [-0.25, -0.2) is 0 Å². The number of hydrogen-bond donors (Lipinski definition) is 1. The maximum absolute atomic E-state index is 12.0. The number of nitrogens with two attached hydrogens (primary N) is 1. The van der Waals surface area contributed by atoms with Crippen molar-refractivity contribution in [1.82, 2.24) is 9.88 Å². The van der Waals surface area contributed by atoms with Gasteiger partial charge >= 0.3 is 11.8 Å². The number of pyridine rings is 1. The molecule has 108 valence electrons. The first-order valence-electron chi connectivity index (χ1n) is 6.93. The van der Waals surface area contributed by atoms with Crippen molar-refractivity contribution in [2.24, 2.45) is 11.7 Å². The Hall–Kier alpha value is -1.91. The second-order valence-corrected chi connectivity index (χ2v) is 5.69. The van der Waals surface area contributed by atoms with Gasteiger partial charge in [-0.2, -0.15) is 0 Å². The lowest BCUT2D eigenvalue weighted by molar-refractivity contribution is -0.147. The molecule has 1 aromatic rings. The standard InChI is InChI=1S/C15H21N3O2/c1-9-4-5-13(18(8-9)15(20)14(16)19)12-6-10(2)11(3)17-7-12/h6-7,9,13H,4-5,8H2,1-3H3,(H2,16,19)/t9-,13+/m0/s1. The number of aryl methyl sites for hydroxylation is 2. The number of rotatable bonds is 1. The van der Waals surface area contributed by atoms with Crippen molar-refractivity contribution in [2.75, 3.05) is 6.54 Å². The van der Waals surface area contributed by atoms with Crippen molar-refractivity contribution >= 4 is 11.8 Å². The number of hydrogen-bond acceptors (Lipinski definition) is 3. The van der Waals surface area contributed by atoms with E-state index in [-0.39, 0.29) is 6.04 Å². The topological polar surface area (TPSA) is 76.3 Å². The highest BCUT2D eigenvalue weighted by Gasteiger charge is 2.33. The molecule has 1 aliphatic heterocycles. The molecule has 20 heavy (non-hydrogen) atoms. The smallest absolute Gasteiger partial charge is 0.312 e. The van der Waals surface area contributed by atoms with Crippen LogP contribution in [0.25, 0.3) is 0 Å². The first-order valence-corrected chi connectivity index (χ1v) is 6.93. The third kappa shape index (κ3) is 2.81. The average molecular weight is 275 g/mol. The predicted octanol–water partition coefficient (Wildman–Crippen LogP) is 1.48. The summed E-state index contributed by atoms with van der Waals surface area (Å²) in [6.45, 7) is 6.60. The highest BCUT2D eigenvalue weighted by atomic mass is 16.2. The van der Waals surface area contributed by atoms with E-state index < -0.39 is 11.8 Å². The van der Waals surface area contributed by atoms with Gasteiger partial charge in [-0.05, 0) is 43.7 Å². The molecule has 2 heterocycles. The number of likely N-dealkylation sites (tertiary alicyclic amines) is 1. The van der Waals surface area contributed by atoms with Crippen LogP contribution in [0.5, 0.6) is 0 Å². The fraction of sp³-hybridized carbons (Fsp3) is 0.533. The third-order valence-electron chi connectivity index (χ3n) is 4.04. The summed E-state index contributed by atoms with van der Waals surface area (Å²) in [6.07, 6.45) is 3.66. The van der Waals surface area contributed by atoms with Crippen LogP contribution < -0.4 is 5.73 Å². The molecule has 1 saturated heterocycles. The minimum absolute atomic E-state index is 0.0991. The predicted molar refractivity (Wildman–Crippen MR) is 75.8 cm³/mol. The summed E-state index contributed by atoms with van der Waals surface area (Å²) in [7, 11) is 0. The highest BCUT2D eigenvalue weighted by molar-refractivity contribution is 6.34. The van der Waals surface area contributed by atoms with Crippen molar-refractivity contribution in [3.63, 3.8) is 0 Å². The third-order valence-corrected chi connectivity index (χ3v) is 4.04. The Bertz CT molecular complexity index is 542. The minimum Gasteiger partial charge on any atom is -0.361 e. The quantitative estimate of drug-likeness (QED) is 0.789. The maximum Gasteiger partial charge on any atom is 0.312 e. The molecule has 2 amide bonds. The highest BCUT2D eigenvalue weighted by Crippen LogP contribution is 2.33. The van der Waals surface area contributed by atoms with Crippen LogP contribution in [-0.4, -0.2) is 28.2 Å². The zero-order valence-corrected chi connectivity index (χ0v) is 12.2. The van der Waals surface area contributed by atoms with Crippen molar-refractivity contribution < 1.29 is 9.59 Å². The number of amides is 2. The zero-order valence-electron chi connectivity index (χ0n) is 12.2. The van der Waals surface area contributed by atoms with E-state index in [9.17, 15) is 9.59 Å². The Kier molecular flexibility index (Phi) is 4.06. The summed E-state index contributed by atoms with van der Waals surface area (Å²) in [6, 6.07) is 1.95. The molecule has 2 rings (SSSR count). The summed E-state index contributed by atoms with van der Waals surface area (Å²) < 4.78 is 0. The van der Waals surface area contributed by atoms with Crippen molar-refractivity contribution in [3.8, 4) is 0 Å². The van der Waals surface area contributed by atoms with Gasteiger partial charge in [0.25, 0.3) is 0 Å². The van der Waals surface area contributed by atoms with Gasteiger partial charge in [0.1, 0.15) is 0 Å². The van der Waals surface area contributed by atoms with E-state index in [0.29, 0.717) is 12.5 Å². The lowest BCUT2D eigenvalue weighted by atomic mass is 9.90. The summed E-state index contributed by atoms with van der Waals surface area (Å²) in [5, 5.41) is 0. The first kappa shape index (κ1) is 14.5. The molecule has 0 aromatic carbocycles. The normalized spacial score (nSPS) is 22.6. The number of carbonyl (C=O) groups excluding carboxylic acids is 2. The first-order chi connectivity index (χ1) is 9.40. The summed E-state index contributed by atoms with van der Waals surface area (Å²) in [5.74, 6) is -1.10. The van der Waals surface area contributed by atoms with E-state index in [1.54, 1.807) is 11.1 Å². The van der Waals surface area contributed by atoms with E-state index >= 15 is 0 Å². The van der Waals surface area contributed by atoms with E-state index in [0.717, 1.165) is 29.7 Å². The van der Waals surface area contributed by atoms with Gasteiger partial charge < -0.3 is 10.6 Å². The lowest BCUT2D eigenvalue weighted by Crippen LogP contribution is -2.46. The molecule has 5 nitrogen and oxygen atoms in total. The van der Waals surface area contributed by atoms with Crippen molar-refractivity contribution in [1.29, 1.82) is 0 Å². The number of carbonyl (C=O) groups is 2. The Morgan fingerprint density at radius 2 is 2.05 bits per heavy atom. The van der Waals surface area contributed by atoms with Crippen LogP contribution in [0.4, 0.5) is 0 Å². The van der Waals surface area contributed by atoms with Gasteiger partial charge in [0, 0.05) is 18.4 Å². The molecule has 5 heteroatoms. The second-order valence-electron chi connectivity index (χ2n) is 5.69. The fourth-order valence-corrected chi connectivity index (χ4v) is 2.71. The maximum atomic E-state index is 12.0. The van der Waals surface area contributed by atoms with E-state index in [2.05, 4.69) is 11.9 Å². The Balaban J connectivity index is 2.33. The van der Waals surface area contributed by atoms with E-state index in [4.69, 9.17) is 5.73 Å². The Morgan fingerprint density at radius 1 is 1.35 bits per heavy atom. The van der Waals surface area contributed by atoms with Gasteiger partial charge in [0.2, 0.25) is 0 Å². The summed E-state index contributed by atoms with van der Waals surface area (Å²) >= 11 is 0. The van der Waals surface area contributed by atoms with Crippen molar-refractivity contribution in [3.05, 3.63) is 29.1 Å². The summed E-state index contributed by atoms with van der Waals surface area (Å²) in [4.78, 5) is 29.2. The van der Waals surface area contributed by atoms with Crippen LogP contribution >= 0.6 is 0 Å². The molecule has 0 radical (unpaired) electrons. The van der Waals surface area contributed by atoms with Crippen LogP contribution in [0.2, 0.25) is 0 Å². The Morgan fingerprint density at radius 3 is 2.65 bits per heavy atom. The summed E-state index contributed by atoms with van der Waals surface area (Å²) in [5.41, 5.74) is 8.21. The van der Waals surface area contributed by atoms with Gasteiger partial charge in [-0.1, -0.05) is 13.0 Å². The molecular formula is C15H21N3O2. The van der Waals surface area contributed by atoms with E-state index in [1.807, 2.05) is 19.9 Å².